The summed E-state index contributed by atoms with van der Waals surface area (Å²) in [6, 6.07) is 0.287. The predicted molar refractivity (Wildman–Crippen MR) is 78.2 cm³/mol. The molecule has 1 aromatic rings. The van der Waals surface area contributed by atoms with Crippen molar-refractivity contribution in [3.05, 3.63) is 5.56 Å². The van der Waals surface area contributed by atoms with Crippen LogP contribution in [0.4, 0.5) is 10.8 Å². The topological polar surface area (TPSA) is 98.5 Å². The first-order valence-electron chi connectivity index (χ1n) is 6.47. The largest absolute Gasteiger partial charge is 0.382 e. The van der Waals surface area contributed by atoms with E-state index in [1.54, 1.807) is 14.2 Å². The van der Waals surface area contributed by atoms with Gasteiger partial charge in [-0.1, -0.05) is 0 Å². The van der Waals surface area contributed by atoms with E-state index in [-0.39, 0.29) is 23.9 Å². The van der Waals surface area contributed by atoms with E-state index in [2.05, 4.69) is 15.0 Å². The van der Waals surface area contributed by atoms with E-state index in [9.17, 15) is 4.79 Å². The zero-order valence-electron chi connectivity index (χ0n) is 11.6. The lowest BCUT2D eigenvalue weighted by Gasteiger charge is -2.15. The first-order valence-corrected chi connectivity index (χ1v) is 7.24. The van der Waals surface area contributed by atoms with Gasteiger partial charge in [0.05, 0.1) is 12.7 Å². The van der Waals surface area contributed by atoms with Crippen LogP contribution in [0.3, 0.4) is 0 Å². The van der Waals surface area contributed by atoms with Crippen LogP contribution in [0.15, 0.2) is 0 Å². The Morgan fingerprint density at radius 1 is 1.55 bits per heavy atom. The Bertz CT molecular complexity index is 462. The van der Waals surface area contributed by atoms with Gasteiger partial charge in [-0.2, -0.15) is 4.37 Å². The Balaban J connectivity index is 1.98. The maximum absolute atomic E-state index is 12.1. The molecule has 0 aliphatic heterocycles. The Morgan fingerprint density at radius 2 is 2.30 bits per heavy atom. The van der Waals surface area contributed by atoms with Gasteiger partial charge in [-0.05, 0) is 24.4 Å². The van der Waals surface area contributed by atoms with Crippen LogP contribution in [-0.4, -0.2) is 49.8 Å². The van der Waals surface area contributed by atoms with Crippen LogP contribution in [0.2, 0.25) is 0 Å². The van der Waals surface area contributed by atoms with Crippen molar-refractivity contribution in [3.8, 4) is 0 Å². The second-order valence-corrected chi connectivity index (χ2v) is 5.49. The Labute approximate surface area is 122 Å². The van der Waals surface area contributed by atoms with Gasteiger partial charge in [0.2, 0.25) is 0 Å². The number of ether oxygens (including phenoxy) is 2. The fourth-order valence-electron chi connectivity index (χ4n) is 1.73. The number of rotatable bonds is 8. The molecule has 8 heteroatoms. The van der Waals surface area contributed by atoms with Crippen LogP contribution in [0.25, 0.3) is 0 Å². The van der Waals surface area contributed by atoms with Crippen molar-refractivity contribution in [1.82, 2.24) is 9.69 Å². The lowest BCUT2D eigenvalue weighted by Crippen LogP contribution is -2.29. The first kappa shape index (κ1) is 15.0. The normalized spacial score (nSPS) is 15.9. The van der Waals surface area contributed by atoms with E-state index in [1.807, 2.05) is 0 Å². The van der Waals surface area contributed by atoms with Crippen molar-refractivity contribution in [2.24, 2.45) is 0 Å². The van der Waals surface area contributed by atoms with E-state index < -0.39 is 0 Å². The minimum Gasteiger partial charge on any atom is -0.382 e. The number of hydrogen-bond donors (Lipinski definition) is 3. The van der Waals surface area contributed by atoms with Crippen molar-refractivity contribution < 1.29 is 14.3 Å². The van der Waals surface area contributed by atoms with Gasteiger partial charge < -0.3 is 25.8 Å². The predicted octanol–water partition coefficient (Wildman–Crippen LogP) is 0.691. The van der Waals surface area contributed by atoms with E-state index >= 15 is 0 Å². The molecule has 0 saturated heterocycles. The minimum atomic E-state index is -0.165. The SMILES string of the molecule is COCC(CNc1snc(N)c1C(=O)NC1CC1)OC. The van der Waals surface area contributed by atoms with Gasteiger partial charge in [0.1, 0.15) is 10.6 Å². The summed E-state index contributed by atoms with van der Waals surface area (Å²) in [4.78, 5) is 12.1. The smallest absolute Gasteiger partial charge is 0.258 e. The maximum atomic E-state index is 12.1. The molecule has 1 saturated carbocycles. The molecular formula is C12H20N4O3S. The van der Waals surface area contributed by atoms with Crippen LogP contribution in [0.5, 0.6) is 0 Å². The molecule has 112 valence electrons. The highest BCUT2D eigenvalue weighted by molar-refractivity contribution is 7.11. The summed E-state index contributed by atoms with van der Waals surface area (Å²) in [5, 5.41) is 6.74. The van der Waals surface area contributed by atoms with Gasteiger partial charge in [-0.25, -0.2) is 0 Å². The average molecular weight is 300 g/mol. The molecule has 1 atom stereocenters. The zero-order chi connectivity index (χ0) is 14.5. The molecule has 0 radical (unpaired) electrons. The monoisotopic (exact) mass is 300 g/mol. The van der Waals surface area contributed by atoms with Crippen molar-refractivity contribution in [3.63, 3.8) is 0 Å². The van der Waals surface area contributed by atoms with Gasteiger partial charge in [0.15, 0.2) is 5.82 Å². The summed E-state index contributed by atoms with van der Waals surface area (Å²) in [5.74, 6) is 0.0957. The second-order valence-electron chi connectivity index (χ2n) is 4.71. The molecule has 1 amide bonds. The molecule has 1 unspecified atom stereocenters. The van der Waals surface area contributed by atoms with Crippen molar-refractivity contribution in [2.45, 2.75) is 25.0 Å². The van der Waals surface area contributed by atoms with Gasteiger partial charge in [0, 0.05) is 26.8 Å². The van der Waals surface area contributed by atoms with Crippen LogP contribution in [-0.2, 0) is 9.47 Å². The standard InChI is InChI=1S/C12H20N4O3S/c1-18-6-8(19-2)5-14-12-9(10(13)16-20-12)11(17)15-7-3-4-7/h7-8,14H,3-6H2,1-2H3,(H2,13,16)(H,15,17). The lowest BCUT2D eigenvalue weighted by atomic mass is 10.2. The number of nitrogen functional groups attached to an aromatic ring is 1. The van der Waals surface area contributed by atoms with Gasteiger partial charge in [-0.15, -0.1) is 0 Å². The molecule has 2 rings (SSSR count). The maximum Gasteiger partial charge on any atom is 0.258 e. The van der Waals surface area contributed by atoms with Crippen molar-refractivity contribution >= 4 is 28.3 Å². The van der Waals surface area contributed by atoms with E-state index in [0.29, 0.717) is 23.7 Å². The third kappa shape index (κ3) is 3.81. The highest BCUT2D eigenvalue weighted by Gasteiger charge is 2.27. The van der Waals surface area contributed by atoms with Crippen LogP contribution in [0.1, 0.15) is 23.2 Å². The summed E-state index contributed by atoms with van der Waals surface area (Å²) in [6.45, 7) is 0.997. The van der Waals surface area contributed by atoms with E-state index in [1.165, 1.54) is 11.5 Å². The molecule has 1 aromatic heterocycles. The molecule has 0 aromatic carbocycles. The minimum absolute atomic E-state index is 0.0948. The number of anilines is 2. The third-order valence-corrected chi connectivity index (χ3v) is 3.85. The Morgan fingerprint density at radius 3 is 2.90 bits per heavy atom. The number of nitrogens with two attached hydrogens (primary N) is 1. The second kappa shape index (κ2) is 6.87. The molecule has 0 spiro atoms. The number of methoxy groups -OCH3 is 2. The highest BCUT2D eigenvalue weighted by Crippen LogP contribution is 2.28. The Kier molecular flexibility index (Phi) is 5.16. The molecule has 1 aliphatic rings. The fourth-order valence-corrected chi connectivity index (χ4v) is 2.45. The quantitative estimate of drug-likeness (QED) is 0.653. The highest BCUT2D eigenvalue weighted by atomic mass is 32.1. The molecule has 1 heterocycles. The number of carbonyl (C=O) groups excluding carboxylic acids is 1. The summed E-state index contributed by atoms with van der Waals surface area (Å²) < 4.78 is 14.3. The third-order valence-electron chi connectivity index (χ3n) is 3.03. The summed E-state index contributed by atoms with van der Waals surface area (Å²) in [7, 11) is 3.23. The molecule has 4 N–H and O–H groups in total. The van der Waals surface area contributed by atoms with Crippen LogP contribution in [0, 0.1) is 0 Å². The lowest BCUT2D eigenvalue weighted by molar-refractivity contribution is 0.0366. The van der Waals surface area contributed by atoms with Gasteiger partial charge in [0.25, 0.3) is 5.91 Å². The van der Waals surface area contributed by atoms with E-state index in [4.69, 9.17) is 15.2 Å². The molecule has 0 bridgehead atoms. The van der Waals surface area contributed by atoms with Crippen molar-refractivity contribution in [2.75, 3.05) is 38.4 Å². The number of amides is 1. The summed E-state index contributed by atoms with van der Waals surface area (Å²) in [5.41, 5.74) is 6.20. The zero-order valence-corrected chi connectivity index (χ0v) is 12.5. The fraction of sp³-hybridized carbons (Fsp3) is 0.667. The Hall–Kier alpha value is -1.38. The molecule has 1 aliphatic carbocycles. The average Bonchev–Trinajstić information content (AvgIpc) is 3.16. The van der Waals surface area contributed by atoms with Crippen LogP contribution < -0.4 is 16.4 Å². The number of nitrogens with zero attached hydrogens (tertiary/aromatic N) is 1. The van der Waals surface area contributed by atoms with E-state index in [0.717, 1.165) is 12.8 Å². The summed E-state index contributed by atoms with van der Waals surface area (Å²) in [6.07, 6.45) is 1.97. The van der Waals surface area contributed by atoms with Crippen molar-refractivity contribution in [1.29, 1.82) is 0 Å². The van der Waals surface area contributed by atoms with Gasteiger partial charge in [-0.3, -0.25) is 4.79 Å². The number of aromatic nitrogens is 1. The molecule has 1 fully saturated rings. The van der Waals surface area contributed by atoms with Gasteiger partial charge >= 0.3 is 0 Å². The first-order chi connectivity index (χ1) is 9.65. The number of nitrogens with one attached hydrogen (secondary N) is 2. The number of carbonyl (C=O) groups is 1. The number of hydrogen-bond acceptors (Lipinski definition) is 7. The summed E-state index contributed by atoms with van der Waals surface area (Å²) >= 11 is 1.18. The molecule has 7 nitrogen and oxygen atoms in total. The molecule has 20 heavy (non-hydrogen) atoms. The van der Waals surface area contributed by atoms with Crippen LogP contribution >= 0.6 is 11.5 Å². The molecular weight excluding hydrogens is 280 g/mol.